The van der Waals surface area contributed by atoms with Gasteiger partial charge in [-0.25, -0.2) is 14.6 Å². The lowest BCUT2D eigenvalue weighted by Gasteiger charge is -2.22. The van der Waals surface area contributed by atoms with Crippen molar-refractivity contribution in [1.82, 2.24) is 14.9 Å². The van der Waals surface area contributed by atoms with Gasteiger partial charge in [0.25, 0.3) is 0 Å². The maximum atomic E-state index is 11.7. The van der Waals surface area contributed by atoms with Crippen LogP contribution in [0.5, 0.6) is 0 Å². The van der Waals surface area contributed by atoms with Crippen LogP contribution in [0.2, 0.25) is 0 Å². The fourth-order valence-corrected chi connectivity index (χ4v) is 2.03. The number of rotatable bonds is 5. The van der Waals surface area contributed by atoms with Gasteiger partial charge in [-0.15, -0.1) is 0 Å². The van der Waals surface area contributed by atoms with Gasteiger partial charge in [-0.05, 0) is 33.6 Å². The number of aliphatic carboxylic acids is 1. The van der Waals surface area contributed by atoms with Crippen molar-refractivity contribution in [1.29, 1.82) is 0 Å². The Kier molecular flexibility index (Phi) is 4.20. The number of nitrogens with one attached hydrogen (secondary N) is 1. The van der Waals surface area contributed by atoms with Gasteiger partial charge in [0, 0.05) is 24.4 Å². The van der Waals surface area contributed by atoms with Crippen LogP contribution >= 0.6 is 0 Å². The molecule has 0 saturated heterocycles. The molecule has 1 atom stereocenters. The van der Waals surface area contributed by atoms with Gasteiger partial charge >= 0.3 is 12.1 Å². The molecule has 1 amide bonds. The summed E-state index contributed by atoms with van der Waals surface area (Å²) in [4.78, 5) is 27.1. The van der Waals surface area contributed by atoms with E-state index in [1.807, 2.05) is 4.57 Å². The molecule has 1 fully saturated rings. The Morgan fingerprint density at radius 2 is 2.19 bits per heavy atom. The second-order valence-corrected chi connectivity index (χ2v) is 6.26. The van der Waals surface area contributed by atoms with Gasteiger partial charge in [-0.3, -0.25) is 0 Å². The first-order valence-corrected chi connectivity index (χ1v) is 6.99. The van der Waals surface area contributed by atoms with Crippen molar-refractivity contribution >= 4 is 12.1 Å². The minimum Gasteiger partial charge on any atom is -0.480 e. The Bertz CT molecular complexity index is 529. The Hall–Kier alpha value is -2.05. The number of amides is 1. The van der Waals surface area contributed by atoms with Crippen LogP contribution in [-0.4, -0.2) is 38.4 Å². The zero-order valence-corrected chi connectivity index (χ0v) is 12.5. The maximum Gasteiger partial charge on any atom is 0.408 e. The van der Waals surface area contributed by atoms with E-state index in [0.717, 1.165) is 18.5 Å². The first-order chi connectivity index (χ1) is 9.76. The van der Waals surface area contributed by atoms with Crippen LogP contribution < -0.4 is 5.32 Å². The predicted molar refractivity (Wildman–Crippen MR) is 75.0 cm³/mol. The second kappa shape index (κ2) is 5.75. The largest absolute Gasteiger partial charge is 0.480 e. The highest BCUT2D eigenvalue weighted by Gasteiger charge is 2.29. The molecular weight excluding hydrogens is 274 g/mol. The lowest BCUT2D eigenvalue weighted by atomic mass is 10.1. The zero-order valence-electron chi connectivity index (χ0n) is 12.5. The number of hydrogen-bond acceptors (Lipinski definition) is 4. The zero-order chi connectivity index (χ0) is 15.6. The number of alkyl carbamates (subject to hydrolysis) is 1. The Morgan fingerprint density at radius 3 is 2.71 bits per heavy atom. The van der Waals surface area contributed by atoms with Gasteiger partial charge in [0.1, 0.15) is 11.6 Å². The second-order valence-electron chi connectivity index (χ2n) is 6.26. The molecule has 1 heterocycles. The molecule has 1 aliphatic carbocycles. The Labute approximate surface area is 123 Å². The van der Waals surface area contributed by atoms with Gasteiger partial charge in [0.05, 0.1) is 6.33 Å². The summed E-state index contributed by atoms with van der Waals surface area (Å²) in [5, 5.41) is 11.7. The summed E-state index contributed by atoms with van der Waals surface area (Å²) >= 11 is 0. The number of carbonyl (C=O) groups excluding carboxylic acids is 1. The van der Waals surface area contributed by atoms with E-state index in [4.69, 9.17) is 4.74 Å². The summed E-state index contributed by atoms with van der Waals surface area (Å²) in [6.45, 7) is 5.18. The number of carboxylic acids is 1. The van der Waals surface area contributed by atoms with Crippen LogP contribution in [0.25, 0.3) is 0 Å². The fourth-order valence-electron chi connectivity index (χ4n) is 2.03. The third-order valence-corrected chi connectivity index (χ3v) is 3.09. The molecule has 7 heteroatoms. The minimum atomic E-state index is -1.09. The number of aromatic nitrogens is 2. The normalized spacial score (nSPS) is 16.3. The maximum absolute atomic E-state index is 11.7. The van der Waals surface area contributed by atoms with Crippen molar-refractivity contribution < 1.29 is 19.4 Å². The van der Waals surface area contributed by atoms with Gasteiger partial charge in [0.2, 0.25) is 0 Å². The van der Waals surface area contributed by atoms with Crippen LogP contribution in [0.15, 0.2) is 12.5 Å². The van der Waals surface area contributed by atoms with Gasteiger partial charge < -0.3 is 19.7 Å². The fraction of sp³-hybridized carbons (Fsp3) is 0.643. The van der Waals surface area contributed by atoms with Crippen molar-refractivity contribution in [2.75, 3.05) is 0 Å². The summed E-state index contributed by atoms with van der Waals surface area (Å²) in [6, 6.07) is -0.618. The molecular formula is C14H21N3O4. The first-order valence-electron chi connectivity index (χ1n) is 6.99. The molecule has 1 aromatic rings. The molecule has 1 saturated carbocycles. The number of carbonyl (C=O) groups is 2. The van der Waals surface area contributed by atoms with Crippen molar-refractivity contribution in [3.63, 3.8) is 0 Å². The standard InChI is InChI=1S/C14H21N3O4/c1-14(2,3)21-13(20)16-11(12(18)19)6-10-7-15-8-17(10)9-4-5-9/h7-9,11H,4-6H2,1-3H3,(H,16,20)(H,18,19). The molecule has 0 spiro atoms. The SMILES string of the molecule is CC(C)(C)OC(=O)NC(Cc1cncn1C1CC1)C(=O)O. The summed E-state index contributed by atoms with van der Waals surface area (Å²) in [5.74, 6) is -1.09. The van der Waals surface area contributed by atoms with Crippen molar-refractivity contribution in [3.8, 4) is 0 Å². The van der Waals surface area contributed by atoms with E-state index in [0.29, 0.717) is 6.04 Å². The molecule has 0 bridgehead atoms. The predicted octanol–water partition coefficient (Wildman–Crippen LogP) is 1.74. The Morgan fingerprint density at radius 1 is 1.52 bits per heavy atom. The van der Waals surface area contributed by atoms with Gasteiger partial charge in [-0.1, -0.05) is 0 Å². The van der Waals surface area contributed by atoms with E-state index >= 15 is 0 Å². The van der Waals surface area contributed by atoms with Crippen LogP contribution in [0, 0.1) is 0 Å². The van der Waals surface area contributed by atoms with Gasteiger partial charge in [-0.2, -0.15) is 0 Å². The summed E-state index contributed by atoms with van der Waals surface area (Å²) in [5.41, 5.74) is 0.143. The molecule has 1 aliphatic rings. The molecule has 21 heavy (non-hydrogen) atoms. The monoisotopic (exact) mass is 295 g/mol. The van der Waals surface area contributed by atoms with Crippen LogP contribution in [0.4, 0.5) is 4.79 Å². The topological polar surface area (TPSA) is 93.5 Å². The van der Waals surface area contributed by atoms with Crippen LogP contribution in [0.3, 0.4) is 0 Å². The van der Waals surface area contributed by atoms with Crippen molar-refractivity contribution in [3.05, 3.63) is 18.2 Å². The third kappa shape index (κ3) is 4.47. The highest BCUT2D eigenvalue weighted by atomic mass is 16.6. The molecule has 0 aromatic carbocycles. The molecule has 7 nitrogen and oxygen atoms in total. The molecule has 0 aliphatic heterocycles. The molecule has 1 unspecified atom stereocenters. The molecule has 1 aromatic heterocycles. The van der Waals surface area contributed by atoms with E-state index in [1.54, 1.807) is 33.3 Å². The van der Waals surface area contributed by atoms with E-state index in [9.17, 15) is 14.7 Å². The van der Waals surface area contributed by atoms with Gasteiger partial charge in [0.15, 0.2) is 0 Å². The lowest BCUT2D eigenvalue weighted by molar-refractivity contribution is -0.139. The van der Waals surface area contributed by atoms with Crippen molar-refractivity contribution in [2.24, 2.45) is 0 Å². The molecule has 116 valence electrons. The molecule has 2 N–H and O–H groups in total. The number of imidazole rings is 1. The average molecular weight is 295 g/mol. The first kappa shape index (κ1) is 15.3. The molecule has 0 radical (unpaired) electrons. The lowest BCUT2D eigenvalue weighted by Crippen LogP contribution is -2.45. The third-order valence-electron chi connectivity index (χ3n) is 3.09. The van der Waals surface area contributed by atoms with Crippen molar-refractivity contribution in [2.45, 2.75) is 57.7 Å². The van der Waals surface area contributed by atoms with E-state index in [1.165, 1.54) is 0 Å². The number of hydrogen-bond donors (Lipinski definition) is 2. The molecule has 2 rings (SSSR count). The summed E-state index contributed by atoms with van der Waals surface area (Å²) in [6.07, 6.45) is 4.98. The number of nitrogens with zero attached hydrogens (tertiary/aromatic N) is 2. The number of ether oxygens (including phenoxy) is 1. The summed E-state index contributed by atoms with van der Waals surface area (Å²) in [7, 11) is 0. The van der Waals surface area contributed by atoms with Crippen LogP contribution in [-0.2, 0) is 16.0 Å². The van der Waals surface area contributed by atoms with E-state index in [-0.39, 0.29) is 6.42 Å². The average Bonchev–Trinajstić information content (AvgIpc) is 3.06. The minimum absolute atomic E-state index is 0.186. The highest BCUT2D eigenvalue weighted by Crippen LogP contribution is 2.35. The smallest absolute Gasteiger partial charge is 0.408 e. The van der Waals surface area contributed by atoms with Crippen LogP contribution in [0.1, 0.15) is 45.3 Å². The van der Waals surface area contributed by atoms with E-state index < -0.39 is 23.7 Å². The highest BCUT2D eigenvalue weighted by molar-refractivity contribution is 5.80. The quantitative estimate of drug-likeness (QED) is 0.863. The summed E-state index contributed by atoms with van der Waals surface area (Å²) < 4.78 is 7.07. The number of carboxylic acid groups (broad SMARTS) is 1. The Balaban J connectivity index is 2.00. The van der Waals surface area contributed by atoms with E-state index in [2.05, 4.69) is 10.3 Å².